The van der Waals surface area contributed by atoms with Gasteiger partial charge < -0.3 is 39.7 Å². The molecule has 1 unspecified atom stereocenters. The highest BCUT2D eigenvalue weighted by Gasteiger charge is 2.70. The van der Waals surface area contributed by atoms with Crippen LogP contribution in [0.1, 0.15) is 107 Å². The molecule has 4 fully saturated rings. The van der Waals surface area contributed by atoms with E-state index in [2.05, 4.69) is 34.3 Å². The van der Waals surface area contributed by atoms with Crippen LogP contribution in [0.4, 0.5) is 0 Å². The predicted octanol–water partition coefficient (Wildman–Crippen LogP) is 4.67. The molecule has 14 atom stereocenters. The van der Waals surface area contributed by atoms with E-state index in [0.29, 0.717) is 25.7 Å². The summed E-state index contributed by atoms with van der Waals surface area (Å²) in [6.45, 7) is 20.4. The van der Waals surface area contributed by atoms with Crippen molar-refractivity contribution in [1.29, 1.82) is 0 Å². The van der Waals surface area contributed by atoms with E-state index in [4.69, 9.17) is 14.2 Å². The average molecular weight is 651 g/mol. The maximum atomic E-state index is 12.5. The fraction of sp³-hybridized carbons (Fsp3) is 0.865. The van der Waals surface area contributed by atoms with E-state index in [1.165, 1.54) is 7.11 Å². The molecule has 1 heterocycles. The van der Waals surface area contributed by atoms with E-state index in [1.54, 1.807) is 26.8 Å². The van der Waals surface area contributed by atoms with Gasteiger partial charge in [-0.25, -0.2) is 0 Å². The molecule has 0 aromatic heterocycles. The van der Waals surface area contributed by atoms with Crippen LogP contribution in [0, 0.1) is 39.9 Å². The van der Waals surface area contributed by atoms with Crippen molar-refractivity contribution in [3.63, 3.8) is 0 Å². The minimum atomic E-state index is -1.44. The number of carbonyl (C=O) groups is 1. The van der Waals surface area contributed by atoms with Gasteiger partial charge in [0.2, 0.25) is 0 Å². The molecule has 9 nitrogen and oxygen atoms in total. The predicted molar refractivity (Wildman–Crippen MR) is 175 cm³/mol. The van der Waals surface area contributed by atoms with Crippen molar-refractivity contribution in [2.75, 3.05) is 7.11 Å². The van der Waals surface area contributed by atoms with Crippen LogP contribution in [0.25, 0.3) is 0 Å². The molecule has 0 radical (unpaired) electrons. The fourth-order valence-corrected chi connectivity index (χ4v) is 10.6. The van der Waals surface area contributed by atoms with Crippen molar-refractivity contribution in [2.24, 2.45) is 39.9 Å². The molecule has 0 aromatic rings. The first-order valence-electron chi connectivity index (χ1n) is 17.3. The molecule has 0 aromatic carbocycles. The zero-order valence-electron chi connectivity index (χ0n) is 29.7. The third-order valence-corrected chi connectivity index (χ3v) is 13.3. The number of carbonyl (C=O) groups excluding carboxylic acids is 1. The highest BCUT2D eigenvalue weighted by atomic mass is 16.7. The lowest BCUT2D eigenvalue weighted by molar-refractivity contribution is -0.327. The van der Waals surface area contributed by atoms with Gasteiger partial charge in [0.15, 0.2) is 6.29 Å². The number of hydrogen-bond donors (Lipinski definition) is 5. The van der Waals surface area contributed by atoms with Crippen LogP contribution in [0.2, 0.25) is 0 Å². The maximum absolute atomic E-state index is 12.5. The molecule has 46 heavy (non-hydrogen) atoms. The molecule has 5 N–H and O–H groups in total. The molecule has 4 rings (SSSR count). The summed E-state index contributed by atoms with van der Waals surface area (Å²) >= 11 is 0. The van der Waals surface area contributed by atoms with E-state index in [0.717, 1.165) is 31.3 Å². The lowest BCUT2D eigenvalue weighted by Crippen LogP contribution is -2.65. The van der Waals surface area contributed by atoms with E-state index in [-0.39, 0.29) is 45.9 Å². The second-order valence-corrected chi connectivity index (χ2v) is 16.8. The van der Waals surface area contributed by atoms with Gasteiger partial charge >= 0.3 is 5.97 Å². The van der Waals surface area contributed by atoms with Crippen molar-refractivity contribution in [2.45, 2.75) is 155 Å². The van der Waals surface area contributed by atoms with Crippen molar-refractivity contribution >= 4 is 5.97 Å². The number of methoxy groups -OCH3 is 1. The van der Waals surface area contributed by atoms with Gasteiger partial charge in [0.1, 0.15) is 18.3 Å². The number of allylic oxidation sites excluding steroid dienone is 1. The molecule has 3 aliphatic carbocycles. The largest absolute Gasteiger partial charge is 0.469 e. The SMILES string of the molecule is C=C(C)[C@@H]1CC[C@]2(C)C(C[C@@H](O[C@@H]3O[C@H](C)[C@@H](O)[C@H](O)[C@H]3O)[C@@H]3[C@@H]([C@@](C)(O)C/C=C/C(C)(C)O)CC[C@]32C)[C@@]1(C)CCC(=O)OC. The van der Waals surface area contributed by atoms with Crippen LogP contribution in [0.15, 0.2) is 24.3 Å². The molecular weight excluding hydrogens is 588 g/mol. The number of fused-ring (bicyclic) bond motifs is 3. The molecule has 3 saturated carbocycles. The Morgan fingerprint density at radius 3 is 2.24 bits per heavy atom. The summed E-state index contributed by atoms with van der Waals surface area (Å²) in [5.74, 6) is -0.199. The van der Waals surface area contributed by atoms with Gasteiger partial charge in [-0.1, -0.05) is 45.1 Å². The van der Waals surface area contributed by atoms with Crippen molar-refractivity contribution in [1.82, 2.24) is 0 Å². The molecule has 1 saturated heterocycles. The van der Waals surface area contributed by atoms with E-state index in [1.807, 2.05) is 13.0 Å². The van der Waals surface area contributed by atoms with Gasteiger partial charge in [-0.05, 0) is 119 Å². The number of hydrogen-bond acceptors (Lipinski definition) is 9. The van der Waals surface area contributed by atoms with Gasteiger partial charge in [-0.15, -0.1) is 0 Å². The van der Waals surface area contributed by atoms with Gasteiger partial charge in [0.05, 0.1) is 30.5 Å². The van der Waals surface area contributed by atoms with Crippen LogP contribution >= 0.6 is 0 Å². The fourth-order valence-electron chi connectivity index (χ4n) is 10.6. The van der Waals surface area contributed by atoms with E-state index < -0.39 is 48.0 Å². The highest BCUT2D eigenvalue weighted by Crippen LogP contribution is 2.74. The Morgan fingerprint density at radius 1 is 1.02 bits per heavy atom. The Bertz CT molecular complexity index is 1140. The van der Waals surface area contributed by atoms with Crippen LogP contribution < -0.4 is 0 Å². The van der Waals surface area contributed by atoms with Crippen molar-refractivity contribution in [3.05, 3.63) is 24.3 Å². The summed E-state index contributed by atoms with van der Waals surface area (Å²) in [4.78, 5) is 12.5. The van der Waals surface area contributed by atoms with E-state index in [9.17, 15) is 30.3 Å². The number of aliphatic hydroxyl groups is 5. The molecule has 0 spiro atoms. The summed E-state index contributed by atoms with van der Waals surface area (Å²) in [6, 6.07) is 0. The number of esters is 1. The second kappa shape index (κ2) is 13.2. The molecule has 4 aliphatic rings. The monoisotopic (exact) mass is 650 g/mol. The minimum absolute atomic E-state index is 0.110. The Morgan fingerprint density at radius 2 is 1.65 bits per heavy atom. The third-order valence-electron chi connectivity index (χ3n) is 13.3. The summed E-state index contributed by atoms with van der Waals surface area (Å²) < 4.78 is 17.9. The Kier molecular flexibility index (Phi) is 10.7. The molecule has 1 aliphatic heterocycles. The summed E-state index contributed by atoms with van der Waals surface area (Å²) in [7, 11) is 1.42. The van der Waals surface area contributed by atoms with Crippen LogP contribution in [-0.4, -0.2) is 86.6 Å². The molecular formula is C37H62O9. The molecule has 264 valence electrons. The minimum Gasteiger partial charge on any atom is -0.469 e. The van der Waals surface area contributed by atoms with Gasteiger partial charge in [-0.2, -0.15) is 0 Å². The first kappa shape index (κ1) is 37.5. The zero-order valence-corrected chi connectivity index (χ0v) is 29.7. The lowest BCUT2D eigenvalue weighted by atomic mass is 9.37. The Labute approximate surface area is 276 Å². The summed E-state index contributed by atoms with van der Waals surface area (Å²) in [5, 5.41) is 54.5. The third kappa shape index (κ3) is 6.64. The van der Waals surface area contributed by atoms with E-state index >= 15 is 0 Å². The summed E-state index contributed by atoms with van der Waals surface area (Å²) in [6.07, 6.45) is 2.60. The highest BCUT2D eigenvalue weighted by molar-refractivity contribution is 5.69. The van der Waals surface area contributed by atoms with Crippen molar-refractivity contribution in [3.8, 4) is 0 Å². The van der Waals surface area contributed by atoms with Crippen LogP contribution in [0.5, 0.6) is 0 Å². The quantitative estimate of drug-likeness (QED) is 0.129. The summed E-state index contributed by atoms with van der Waals surface area (Å²) in [5.41, 5.74) is -1.73. The average Bonchev–Trinajstić information content (AvgIpc) is 3.34. The Hall–Kier alpha value is -1.33. The van der Waals surface area contributed by atoms with Crippen LogP contribution in [-0.2, 0) is 19.0 Å². The van der Waals surface area contributed by atoms with Gasteiger partial charge in [0, 0.05) is 6.42 Å². The molecule has 0 amide bonds. The maximum Gasteiger partial charge on any atom is 0.305 e. The van der Waals surface area contributed by atoms with Crippen molar-refractivity contribution < 1.29 is 44.5 Å². The van der Waals surface area contributed by atoms with Crippen LogP contribution in [0.3, 0.4) is 0 Å². The smallest absolute Gasteiger partial charge is 0.305 e. The lowest BCUT2D eigenvalue weighted by Gasteiger charge is -2.68. The van der Waals surface area contributed by atoms with Gasteiger partial charge in [-0.3, -0.25) is 4.79 Å². The Balaban J connectivity index is 1.80. The molecule has 9 heteroatoms. The number of ether oxygens (including phenoxy) is 3. The first-order chi connectivity index (χ1) is 21.1. The second-order valence-electron chi connectivity index (χ2n) is 16.8. The topological polar surface area (TPSA) is 146 Å². The normalized spacial score (nSPS) is 46.0. The zero-order chi connectivity index (χ0) is 34.6. The first-order valence-corrected chi connectivity index (χ1v) is 17.3. The standard InChI is InChI=1S/C37H62O9/c1-21(2)23-12-18-35(7)26(34(23,6)17-14-27(38)44-10)20-25(46-32-31(41)30(40)29(39)22(3)45-32)28-24(13-19-36(28,35)8)37(9,43)16-11-15-33(4,5)42/h11,15,22-26,28-32,39-43H,1,12-14,16-20H2,2-10H3/b15-11+/t22-,23+,24+,25-,26?,28+,29-,30+,31-,32+,34+,35-,36-,37+/m1/s1. The number of rotatable bonds is 10. The molecule has 0 bridgehead atoms. The van der Waals surface area contributed by atoms with Gasteiger partial charge in [0.25, 0.3) is 0 Å². The number of aliphatic hydroxyl groups excluding tert-OH is 3.